The third-order valence-corrected chi connectivity index (χ3v) is 8.63. The fraction of sp³-hybridized carbons (Fsp3) is 0.433. The number of allylic oxidation sites excluding steroid dienone is 1. The summed E-state index contributed by atoms with van der Waals surface area (Å²) < 4.78 is 37.4. The van der Waals surface area contributed by atoms with Gasteiger partial charge in [-0.15, -0.1) is 0 Å². The first kappa shape index (κ1) is 27.1. The number of hydrogen-bond donors (Lipinski definition) is 2. The Morgan fingerprint density at radius 2 is 1.77 bits per heavy atom. The lowest BCUT2D eigenvalue weighted by atomic mass is 9.49. The molecule has 39 heavy (non-hydrogen) atoms. The molecule has 206 valence electrons. The molecule has 6 nitrogen and oxygen atoms in total. The number of aldehydes is 1. The van der Waals surface area contributed by atoms with E-state index in [1.165, 1.54) is 25.0 Å². The number of benzene rings is 2. The minimum atomic E-state index is -4.23. The van der Waals surface area contributed by atoms with Crippen molar-refractivity contribution < 1.29 is 27.6 Å². The molecular formula is C30H32F3N3O3. The molecule has 4 aliphatic rings. The molecule has 1 saturated heterocycles. The summed E-state index contributed by atoms with van der Waals surface area (Å²) in [6, 6.07) is 10.9. The first-order chi connectivity index (χ1) is 18.5. The summed E-state index contributed by atoms with van der Waals surface area (Å²) in [5, 5.41) is 5.97. The van der Waals surface area contributed by atoms with Crippen molar-refractivity contribution in [1.29, 1.82) is 0 Å². The van der Waals surface area contributed by atoms with Gasteiger partial charge in [-0.3, -0.25) is 14.4 Å². The summed E-state index contributed by atoms with van der Waals surface area (Å²) in [6.45, 7) is 4.11. The smallest absolute Gasteiger partial charge is 0.329 e. The largest absolute Gasteiger partial charge is 0.416 e. The van der Waals surface area contributed by atoms with Crippen molar-refractivity contribution >= 4 is 18.1 Å². The highest BCUT2D eigenvalue weighted by atomic mass is 19.4. The molecule has 1 unspecified atom stereocenters. The van der Waals surface area contributed by atoms with Crippen LogP contribution in [0.2, 0.25) is 0 Å². The lowest BCUT2D eigenvalue weighted by molar-refractivity contribution is -0.137. The molecule has 2 heterocycles. The predicted molar refractivity (Wildman–Crippen MR) is 140 cm³/mol. The topological polar surface area (TPSA) is 78.5 Å². The van der Waals surface area contributed by atoms with Crippen LogP contribution in [0.1, 0.15) is 81.8 Å². The van der Waals surface area contributed by atoms with E-state index in [9.17, 15) is 27.6 Å². The lowest BCUT2D eigenvalue weighted by Crippen LogP contribution is -2.53. The first-order valence-corrected chi connectivity index (χ1v) is 13.2. The zero-order chi connectivity index (χ0) is 27.9. The van der Waals surface area contributed by atoms with Crippen LogP contribution in [-0.2, 0) is 17.5 Å². The van der Waals surface area contributed by atoms with E-state index in [0.717, 1.165) is 30.3 Å². The summed E-state index contributed by atoms with van der Waals surface area (Å²) >= 11 is 0. The van der Waals surface area contributed by atoms with E-state index in [0.29, 0.717) is 53.6 Å². The van der Waals surface area contributed by atoms with Crippen molar-refractivity contribution in [2.75, 3.05) is 7.05 Å². The van der Waals surface area contributed by atoms with Crippen molar-refractivity contribution in [2.24, 2.45) is 5.41 Å². The number of nitrogens with one attached hydrogen (secondary N) is 2. The van der Waals surface area contributed by atoms with Crippen LogP contribution in [-0.4, -0.2) is 42.1 Å². The second-order valence-corrected chi connectivity index (χ2v) is 11.2. The molecule has 0 aromatic heterocycles. The molecule has 2 aromatic rings. The zero-order valence-corrected chi connectivity index (χ0v) is 21.8. The molecule has 2 N–H and O–H groups in total. The molecule has 6 rings (SSSR count). The van der Waals surface area contributed by atoms with Gasteiger partial charge in [0.1, 0.15) is 12.3 Å². The van der Waals surface area contributed by atoms with Crippen molar-refractivity contribution in [1.82, 2.24) is 15.5 Å². The molecule has 0 radical (unpaired) electrons. The van der Waals surface area contributed by atoms with Gasteiger partial charge >= 0.3 is 6.18 Å². The van der Waals surface area contributed by atoms with Gasteiger partial charge in [0.05, 0.1) is 5.56 Å². The number of piperidine rings is 1. The van der Waals surface area contributed by atoms with Gasteiger partial charge in [-0.25, -0.2) is 0 Å². The Balaban J connectivity index is 0.000000158. The maximum absolute atomic E-state index is 12.5. The van der Waals surface area contributed by atoms with Crippen molar-refractivity contribution in [3.8, 4) is 0 Å². The van der Waals surface area contributed by atoms with Crippen LogP contribution in [0.4, 0.5) is 13.2 Å². The number of nitrogens with zero attached hydrogens (tertiary/aromatic N) is 1. The van der Waals surface area contributed by atoms with Crippen molar-refractivity contribution in [3.05, 3.63) is 82.6 Å². The number of halogens is 3. The molecule has 3 fully saturated rings. The summed E-state index contributed by atoms with van der Waals surface area (Å²) in [6.07, 6.45) is 2.51. The molecule has 0 bridgehead atoms. The van der Waals surface area contributed by atoms with Gasteiger partial charge < -0.3 is 15.5 Å². The molecule has 1 spiro atoms. The molecule has 2 saturated carbocycles. The lowest BCUT2D eigenvalue weighted by Gasteiger charge is -2.58. The highest BCUT2D eigenvalue weighted by Gasteiger charge is 2.52. The van der Waals surface area contributed by atoms with Crippen LogP contribution in [0.15, 0.2) is 54.7 Å². The van der Waals surface area contributed by atoms with Crippen molar-refractivity contribution in [3.63, 3.8) is 0 Å². The quantitative estimate of drug-likeness (QED) is 0.524. The SMILES string of the molecule is C=C1CCC(N2Cc3cc(C=O)ccc3C2=O)C(=O)N1.CNC1CC2(C1)CC(c1ccc(C(F)(F)F)cc1)C2. The van der Waals surface area contributed by atoms with Gasteiger partial charge in [0.15, 0.2) is 0 Å². The number of fused-ring (bicyclic) bond motifs is 1. The van der Waals surface area contributed by atoms with E-state index in [-0.39, 0.29) is 11.8 Å². The fourth-order valence-corrected chi connectivity index (χ4v) is 6.44. The predicted octanol–water partition coefficient (Wildman–Crippen LogP) is 5.20. The molecule has 2 aliphatic carbocycles. The van der Waals surface area contributed by atoms with E-state index in [2.05, 4.69) is 17.2 Å². The zero-order valence-electron chi connectivity index (χ0n) is 21.8. The molecular weight excluding hydrogens is 507 g/mol. The fourth-order valence-electron chi connectivity index (χ4n) is 6.44. The third-order valence-electron chi connectivity index (χ3n) is 8.63. The number of carbonyl (C=O) groups is 3. The Bertz CT molecular complexity index is 1290. The minimum Gasteiger partial charge on any atom is -0.329 e. The van der Waals surface area contributed by atoms with Gasteiger partial charge in [0.2, 0.25) is 5.91 Å². The van der Waals surface area contributed by atoms with E-state index >= 15 is 0 Å². The highest BCUT2D eigenvalue weighted by Crippen LogP contribution is 2.61. The summed E-state index contributed by atoms with van der Waals surface area (Å²) in [5.74, 6) is 0.128. The number of alkyl halides is 3. The Morgan fingerprint density at radius 1 is 1.08 bits per heavy atom. The normalized spacial score (nSPS) is 27.6. The van der Waals surface area contributed by atoms with Crippen LogP contribution < -0.4 is 10.6 Å². The Kier molecular flexibility index (Phi) is 7.13. The second kappa shape index (κ2) is 10.3. The minimum absolute atomic E-state index is 0.148. The monoisotopic (exact) mass is 539 g/mol. The molecule has 2 amide bonds. The maximum Gasteiger partial charge on any atom is 0.416 e. The van der Waals surface area contributed by atoms with Crippen LogP contribution >= 0.6 is 0 Å². The van der Waals surface area contributed by atoms with Gasteiger partial charge in [-0.05, 0) is 92.3 Å². The van der Waals surface area contributed by atoms with E-state index in [1.807, 2.05) is 7.05 Å². The number of amides is 2. The molecule has 9 heteroatoms. The number of hydrogen-bond acceptors (Lipinski definition) is 4. The Labute approximate surface area is 225 Å². The molecule has 2 aliphatic heterocycles. The maximum atomic E-state index is 12.5. The van der Waals surface area contributed by atoms with Crippen LogP contribution in [0, 0.1) is 5.41 Å². The summed E-state index contributed by atoms with van der Waals surface area (Å²) in [5.41, 5.74) is 3.61. The Morgan fingerprint density at radius 3 is 2.36 bits per heavy atom. The van der Waals surface area contributed by atoms with Gasteiger partial charge in [-0.2, -0.15) is 13.2 Å². The van der Waals surface area contributed by atoms with E-state index in [1.54, 1.807) is 35.2 Å². The number of carbonyl (C=O) groups excluding carboxylic acids is 3. The van der Waals surface area contributed by atoms with Crippen LogP contribution in [0.5, 0.6) is 0 Å². The average Bonchev–Trinajstić information content (AvgIpc) is 3.18. The van der Waals surface area contributed by atoms with Gasteiger partial charge in [0.25, 0.3) is 5.91 Å². The molecule has 2 aromatic carbocycles. The molecule has 1 atom stereocenters. The summed E-state index contributed by atoms with van der Waals surface area (Å²) in [4.78, 5) is 36.7. The van der Waals surface area contributed by atoms with Gasteiger partial charge in [-0.1, -0.05) is 24.8 Å². The van der Waals surface area contributed by atoms with E-state index < -0.39 is 17.8 Å². The standard InChI is InChI=1S/C15H18F3N.C15H14N2O3/c1-19-13-8-14(9-13)6-11(7-14)10-2-4-12(5-3-10)15(16,17)18;1-9-2-5-13(14(19)16-9)17-7-11-6-10(8-18)3-4-12(11)15(17)20/h2-5,11,13,19H,6-9H2,1H3;3-4,6,8,13H,1-2,5,7H2,(H,16,19). The average molecular weight is 540 g/mol. The highest BCUT2D eigenvalue weighted by molar-refractivity contribution is 6.02. The van der Waals surface area contributed by atoms with Crippen LogP contribution in [0.3, 0.4) is 0 Å². The van der Waals surface area contributed by atoms with E-state index in [4.69, 9.17) is 0 Å². The number of rotatable bonds is 4. The third kappa shape index (κ3) is 5.37. The van der Waals surface area contributed by atoms with Crippen molar-refractivity contribution in [2.45, 2.75) is 69.2 Å². The second-order valence-electron chi connectivity index (χ2n) is 11.2. The van der Waals surface area contributed by atoms with Gasteiger partial charge in [0, 0.05) is 29.4 Å². The Hall–Kier alpha value is -3.46. The first-order valence-electron chi connectivity index (χ1n) is 13.2. The van der Waals surface area contributed by atoms with Crippen LogP contribution in [0.25, 0.3) is 0 Å². The summed E-state index contributed by atoms with van der Waals surface area (Å²) in [7, 11) is 1.99.